The van der Waals surface area contributed by atoms with Gasteiger partial charge >= 0.3 is 6.18 Å². The van der Waals surface area contributed by atoms with Crippen molar-refractivity contribution in [1.29, 1.82) is 0 Å². The van der Waals surface area contributed by atoms with Crippen molar-refractivity contribution in [3.63, 3.8) is 0 Å². The number of aromatic nitrogens is 1. The van der Waals surface area contributed by atoms with Crippen molar-refractivity contribution in [2.45, 2.75) is 24.8 Å². The summed E-state index contributed by atoms with van der Waals surface area (Å²) in [4.78, 5) is 3.49. The molecule has 7 heteroatoms. The Morgan fingerprint density at radius 1 is 1.33 bits per heavy atom. The zero-order valence-corrected chi connectivity index (χ0v) is 11.6. The number of aliphatic hydroxyl groups is 1. The first-order valence-electron chi connectivity index (χ1n) is 6.37. The van der Waals surface area contributed by atoms with Crippen LogP contribution in [-0.2, 0) is 17.3 Å². The van der Waals surface area contributed by atoms with Gasteiger partial charge in [0.1, 0.15) is 12.2 Å². The van der Waals surface area contributed by atoms with E-state index in [9.17, 15) is 18.3 Å². The molecular weight excluding hydrogens is 303 g/mol. The summed E-state index contributed by atoms with van der Waals surface area (Å²) in [5, 5.41) is 9.39. The molecule has 0 saturated carbocycles. The molecule has 2 heterocycles. The van der Waals surface area contributed by atoms with Crippen molar-refractivity contribution in [3.05, 3.63) is 51.5 Å². The Kier molecular flexibility index (Phi) is 3.73. The van der Waals surface area contributed by atoms with Gasteiger partial charge in [0.15, 0.2) is 5.01 Å². The van der Waals surface area contributed by atoms with Crippen LogP contribution in [0, 0.1) is 0 Å². The Bertz CT molecular complexity index is 641. The lowest BCUT2D eigenvalue weighted by molar-refractivity contribution is -0.137. The number of hydrogen-bond donors (Lipinski definition) is 1. The number of rotatable bonds is 2. The van der Waals surface area contributed by atoms with Gasteiger partial charge in [0, 0.05) is 6.20 Å². The number of halogens is 3. The maximum atomic E-state index is 12.6. The smallest absolute Gasteiger partial charge is 0.384 e. The van der Waals surface area contributed by atoms with Crippen molar-refractivity contribution in [2.75, 3.05) is 6.61 Å². The summed E-state index contributed by atoms with van der Waals surface area (Å²) in [7, 11) is 0. The van der Waals surface area contributed by atoms with Gasteiger partial charge in [-0.15, -0.1) is 11.3 Å². The molecule has 0 amide bonds. The molecule has 1 aromatic heterocycles. The predicted molar refractivity (Wildman–Crippen MR) is 70.9 cm³/mol. The number of benzene rings is 1. The van der Waals surface area contributed by atoms with Gasteiger partial charge in [-0.05, 0) is 17.5 Å². The average molecular weight is 315 g/mol. The Balaban J connectivity index is 1.89. The first-order valence-corrected chi connectivity index (χ1v) is 7.19. The van der Waals surface area contributed by atoms with Crippen LogP contribution < -0.4 is 0 Å². The van der Waals surface area contributed by atoms with Gasteiger partial charge in [-0.3, -0.25) is 0 Å². The van der Waals surface area contributed by atoms with E-state index in [1.807, 2.05) is 24.3 Å². The first-order chi connectivity index (χ1) is 9.97. The Morgan fingerprint density at radius 3 is 2.81 bits per heavy atom. The summed E-state index contributed by atoms with van der Waals surface area (Å²) in [6.07, 6.45) is -4.50. The van der Waals surface area contributed by atoms with Crippen LogP contribution in [0.15, 0.2) is 30.5 Å². The maximum Gasteiger partial charge on any atom is 0.443 e. The fourth-order valence-electron chi connectivity index (χ4n) is 2.39. The lowest BCUT2D eigenvalue weighted by Crippen LogP contribution is -2.21. The molecule has 1 aliphatic rings. The highest BCUT2D eigenvalue weighted by molar-refractivity contribution is 7.11. The van der Waals surface area contributed by atoms with Crippen LogP contribution in [-0.4, -0.2) is 16.7 Å². The monoisotopic (exact) mass is 315 g/mol. The Labute approximate surface area is 123 Å². The fourth-order valence-corrected chi connectivity index (χ4v) is 3.18. The Hall–Kier alpha value is -1.44. The molecule has 3 rings (SSSR count). The number of fused-ring (bicyclic) bond motifs is 1. The largest absolute Gasteiger partial charge is 0.443 e. The second-order valence-electron chi connectivity index (χ2n) is 4.75. The highest BCUT2D eigenvalue weighted by Gasteiger charge is 2.37. The van der Waals surface area contributed by atoms with E-state index < -0.39 is 23.4 Å². The highest BCUT2D eigenvalue weighted by Crippen LogP contribution is 2.41. The summed E-state index contributed by atoms with van der Waals surface area (Å²) >= 11 is 0.450. The van der Waals surface area contributed by atoms with E-state index in [1.54, 1.807) is 0 Å². The van der Waals surface area contributed by atoms with Crippen LogP contribution in [0.2, 0.25) is 0 Å². The van der Waals surface area contributed by atoms with Gasteiger partial charge in [0.2, 0.25) is 0 Å². The molecule has 3 nitrogen and oxygen atoms in total. The minimum atomic E-state index is -4.49. The standard InChI is InChI=1S/C14H12F3NO2S/c15-14(16,17)13-18-7-10(21-13)11(19)12-9-4-2-1-3-8(9)5-6-20-12/h1-4,7,11-12,19H,5-6H2. The number of ether oxygens (including phenoxy) is 1. The van der Waals surface area contributed by atoms with E-state index in [4.69, 9.17) is 4.74 Å². The third-order valence-electron chi connectivity index (χ3n) is 3.37. The van der Waals surface area contributed by atoms with Gasteiger partial charge in [-0.1, -0.05) is 24.3 Å². The van der Waals surface area contributed by atoms with E-state index in [2.05, 4.69) is 4.98 Å². The van der Waals surface area contributed by atoms with Gasteiger partial charge in [-0.25, -0.2) is 4.98 Å². The molecule has 112 valence electrons. The van der Waals surface area contributed by atoms with E-state index in [0.29, 0.717) is 17.9 Å². The van der Waals surface area contributed by atoms with Crippen molar-refractivity contribution in [2.24, 2.45) is 0 Å². The van der Waals surface area contributed by atoms with Gasteiger partial charge < -0.3 is 9.84 Å². The second kappa shape index (κ2) is 5.40. The predicted octanol–water partition coefficient (Wildman–Crippen LogP) is 3.51. The number of hydrogen-bond acceptors (Lipinski definition) is 4. The molecule has 0 fully saturated rings. The number of alkyl halides is 3. The summed E-state index contributed by atoms with van der Waals surface area (Å²) in [5.74, 6) is 0. The van der Waals surface area contributed by atoms with Crippen LogP contribution >= 0.6 is 11.3 Å². The molecule has 2 atom stereocenters. The fraction of sp³-hybridized carbons (Fsp3) is 0.357. The average Bonchev–Trinajstić information content (AvgIpc) is 2.96. The van der Waals surface area contributed by atoms with Gasteiger partial charge in [0.25, 0.3) is 0 Å². The van der Waals surface area contributed by atoms with Gasteiger partial charge in [0.05, 0.1) is 11.5 Å². The molecule has 0 aliphatic carbocycles. The molecule has 0 bridgehead atoms. The highest BCUT2D eigenvalue weighted by atomic mass is 32.1. The quantitative estimate of drug-likeness (QED) is 0.922. The molecule has 1 aliphatic heterocycles. The van der Waals surface area contributed by atoms with Crippen LogP contribution in [0.25, 0.3) is 0 Å². The van der Waals surface area contributed by atoms with Crippen molar-refractivity contribution >= 4 is 11.3 Å². The van der Waals surface area contributed by atoms with Crippen molar-refractivity contribution < 1.29 is 23.0 Å². The summed E-state index contributed by atoms with van der Waals surface area (Å²) in [6.45, 7) is 0.434. The Morgan fingerprint density at radius 2 is 2.10 bits per heavy atom. The molecule has 0 spiro atoms. The van der Waals surface area contributed by atoms with Crippen LogP contribution in [0.1, 0.15) is 33.2 Å². The maximum absolute atomic E-state index is 12.6. The van der Waals surface area contributed by atoms with E-state index in [0.717, 1.165) is 23.7 Å². The third-order valence-corrected chi connectivity index (χ3v) is 4.49. The van der Waals surface area contributed by atoms with E-state index in [-0.39, 0.29) is 4.88 Å². The minimum absolute atomic E-state index is 0.157. The van der Waals surface area contributed by atoms with Crippen LogP contribution in [0.5, 0.6) is 0 Å². The molecule has 0 radical (unpaired) electrons. The van der Waals surface area contributed by atoms with Crippen molar-refractivity contribution in [3.8, 4) is 0 Å². The molecule has 0 saturated heterocycles. The van der Waals surface area contributed by atoms with Crippen LogP contribution in [0.4, 0.5) is 13.2 Å². The molecule has 2 aromatic rings. The zero-order valence-electron chi connectivity index (χ0n) is 10.8. The SMILES string of the molecule is OC(c1cnc(C(F)(F)F)s1)C1OCCc2ccccc21. The zero-order chi connectivity index (χ0) is 15.0. The molecule has 2 unspecified atom stereocenters. The second-order valence-corrected chi connectivity index (χ2v) is 5.81. The minimum Gasteiger partial charge on any atom is -0.384 e. The van der Waals surface area contributed by atoms with Crippen LogP contribution in [0.3, 0.4) is 0 Å². The number of nitrogens with zero attached hydrogens (tertiary/aromatic N) is 1. The first kappa shape index (κ1) is 14.5. The van der Waals surface area contributed by atoms with E-state index >= 15 is 0 Å². The van der Waals surface area contributed by atoms with Crippen molar-refractivity contribution in [1.82, 2.24) is 4.98 Å². The summed E-state index contributed by atoms with van der Waals surface area (Å²) in [5.41, 5.74) is 1.87. The van der Waals surface area contributed by atoms with Gasteiger partial charge in [-0.2, -0.15) is 13.2 Å². The number of thiazole rings is 1. The molecule has 1 aromatic carbocycles. The lowest BCUT2D eigenvalue weighted by atomic mass is 9.94. The molecular formula is C14H12F3NO2S. The topological polar surface area (TPSA) is 42.4 Å². The summed E-state index contributed by atoms with van der Waals surface area (Å²) < 4.78 is 43.3. The third kappa shape index (κ3) is 2.81. The summed E-state index contributed by atoms with van der Waals surface area (Å²) in [6, 6.07) is 7.47. The normalized spacial score (nSPS) is 20.1. The molecule has 1 N–H and O–H groups in total. The lowest BCUT2D eigenvalue weighted by Gasteiger charge is -2.29. The van der Waals surface area contributed by atoms with E-state index in [1.165, 1.54) is 0 Å². The number of aliphatic hydroxyl groups excluding tert-OH is 1. The molecule has 21 heavy (non-hydrogen) atoms.